The molecule has 0 atom stereocenters. The summed E-state index contributed by atoms with van der Waals surface area (Å²) in [6.45, 7) is 0. The van der Waals surface area contributed by atoms with Crippen LogP contribution in [0.5, 0.6) is 0 Å². The molecule has 1 aliphatic rings. The Morgan fingerprint density at radius 2 is 1.81 bits per heavy atom. The third kappa shape index (κ3) is 3.95. The van der Waals surface area contributed by atoms with Crippen LogP contribution < -0.4 is 10.5 Å². The number of carbonyl (C=O) groups is 1. The molecule has 116 valence electrons. The van der Waals surface area contributed by atoms with E-state index in [1.165, 1.54) is 18.2 Å². The number of carboxylic acid groups (broad SMARTS) is 1. The van der Waals surface area contributed by atoms with E-state index in [9.17, 15) is 13.2 Å². The van der Waals surface area contributed by atoms with Crippen molar-refractivity contribution in [2.24, 2.45) is 0 Å². The lowest BCUT2D eigenvalue weighted by atomic mass is 10.1. The third-order valence-electron chi connectivity index (χ3n) is 3.70. The lowest BCUT2D eigenvalue weighted by Gasteiger charge is -2.17. The largest absolute Gasteiger partial charge is 0.478 e. The summed E-state index contributed by atoms with van der Waals surface area (Å²) < 4.78 is 27.5. The molecule has 1 fully saturated rings. The van der Waals surface area contributed by atoms with E-state index >= 15 is 0 Å². The molecular formula is C14H20N2O4S. The molecule has 21 heavy (non-hydrogen) atoms. The average molecular weight is 312 g/mol. The summed E-state index contributed by atoms with van der Waals surface area (Å²) in [6, 6.07) is 3.69. The first-order valence-corrected chi connectivity index (χ1v) is 8.53. The molecule has 7 heteroatoms. The molecule has 1 aromatic rings. The van der Waals surface area contributed by atoms with Crippen LogP contribution in [0.4, 0.5) is 5.69 Å². The van der Waals surface area contributed by atoms with Gasteiger partial charge in [-0.25, -0.2) is 17.9 Å². The number of hydrogen-bond donors (Lipinski definition) is 3. The van der Waals surface area contributed by atoms with Gasteiger partial charge in [-0.2, -0.15) is 0 Å². The van der Waals surface area contributed by atoms with Gasteiger partial charge < -0.3 is 10.8 Å². The molecule has 0 amide bonds. The van der Waals surface area contributed by atoms with Crippen LogP contribution >= 0.6 is 0 Å². The Morgan fingerprint density at radius 1 is 1.19 bits per heavy atom. The predicted molar refractivity (Wildman–Crippen MR) is 79.6 cm³/mol. The van der Waals surface area contributed by atoms with E-state index in [-0.39, 0.29) is 22.2 Å². The van der Waals surface area contributed by atoms with Crippen molar-refractivity contribution >= 4 is 21.7 Å². The van der Waals surface area contributed by atoms with Gasteiger partial charge in [0.05, 0.1) is 10.5 Å². The normalized spacial score (nSPS) is 17.3. The van der Waals surface area contributed by atoms with Crippen molar-refractivity contribution in [3.63, 3.8) is 0 Å². The van der Waals surface area contributed by atoms with Crippen molar-refractivity contribution < 1.29 is 18.3 Å². The van der Waals surface area contributed by atoms with Crippen LogP contribution in [0.25, 0.3) is 0 Å². The first-order chi connectivity index (χ1) is 9.90. The highest BCUT2D eigenvalue weighted by Gasteiger charge is 2.25. The minimum atomic E-state index is -3.85. The van der Waals surface area contributed by atoms with Crippen molar-refractivity contribution in [2.45, 2.75) is 49.5 Å². The number of nitrogens with two attached hydrogens (primary N) is 1. The summed E-state index contributed by atoms with van der Waals surface area (Å²) in [5.74, 6) is -1.30. The molecule has 0 aromatic heterocycles. The molecule has 4 N–H and O–H groups in total. The third-order valence-corrected chi connectivity index (χ3v) is 5.28. The Kier molecular flexibility index (Phi) is 4.84. The van der Waals surface area contributed by atoms with Gasteiger partial charge in [0, 0.05) is 11.7 Å². The molecule has 1 aromatic carbocycles. The Labute approximate surface area is 124 Å². The van der Waals surface area contributed by atoms with Crippen LogP contribution in [-0.4, -0.2) is 25.5 Å². The zero-order chi connectivity index (χ0) is 15.5. The molecular weight excluding hydrogens is 292 g/mol. The molecule has 1 saturated carbocycles. The number of sulfonamides is 1. The lowest BCUT2D eigenvalue weighted by Crippen LogP contribution is -2.35. The lowest BCUT2D eigenvalue weighted by molar-refractivity contribution is 0.0692. The first kappa shape index (κ1) is 15.8. The Balaban J connectivity index is 2.28. The quantitative estimate of drug-likeness (QED) is 0.581. The molecule has 0 saturated heterocycles. The van der Waals surface area contributed by atoms with Crippen molar-refractivity contribution in [3.8, 4) is 0 Å². The second-order valence-corrected chi connectivity index (χ2v) is 7.05. The second-order valence-electron chi connectivity index (χ2n) is 5.37. The smallest absolute Gasteiger partial charge is 0.337 e. The van der Waals surface area contributed by atoms with Crippen molar-refractivity contribution in [3.05, 3.63) is 23.8 Å². The van der Waals surface area contributed by atoms with Gasteiger partial charge in [-0.1, -0.05) is 25.7 Å². The number of carboxylic acids is 1. The van der Waals surface area contributed by atoms with E-state index in [1.54, 1.807) is 0 Å². The topological polar surface area (TPSA) is 109 Å². The summed E-state index contributed by atoms with van der Waals surface area (Å²) in [4.78, 5) is 11.0. The van der Waals surface area contributed by atoms with Gasteiger partial charge in [-0.15, -0.1) is 0 Å². The van der Waals surface area contributed by atoms with Gasteiger partial charge in [-0.05, 0) is 31.0 Å². The van der Waals surface area contributed by atoms with Crippen LogP contribution in [0, 0.1) is 0 Å². The van der Waals surface area contributed by atoms with E-state index in [1.807, 2.05) is 0 Å². The summed E-state index contributed by atoms with van der Waals surface area (Å²) in [5, 5.41) is 9.16. The molecule has 2 rings (SSSR count). The maximum atomic E-state index is 12.4. The van der Waals surface area contributed by atoms with E-state index in [4.69, 9.17) is 10.8 Å². The maximum Gasteiger partial charge on any atom is 0.337 e. The summed E-state index contributed by atoms with van der Waals surface area (Å²) >= 11 is 0. The van der Waals surface area contributed by atoms with E-state index in [0.29, 0.717) is 0 Å². The van der Waals surface area contributed by atoms with E-state index in [0.717, 1.165) is 38.5 Å². The summed E-state index contributed by atoms with van der Waals surface area (Å²) in [6.07, 6.45) is 5.77. The molecule has 0 unspecified atom stereocenters. The van der Waals surface area contributed by atoms with Crippen LogP contribution in [0.3, 0.4) is 0 Å². The highest BCUT2D eigenvalue weighted by molar-refractivity contribution is 7.89. The summed E-state index contributed by atoms with van der Waals surface area (Å²) in [5.41, 5.74) is 5.46. The number of anilines is 1. The van der Waals surface area contributed by atoms with Crippen LogP contribution in [0.1, 0.15) is 48.9 Å². The standard InChI is InChI=1S/C14H20N2O4S/c15-10-7-8-13(12(9-10)14(17)18)21(19,20)16-11-5-3-1-2-4-6-11/h7-9,11,16H,1-6,15H2,(H,17,18). The first-order valence-electron chi connectivity index (χ1n) is 7.05. The number of benzene rings is 1. The minimum absolute atomic E-state index is 0.128. The van der Waals surface area contributed by atoms with Crippen molar-refractivity contribution in [2.75, 3.05) is 5.73 Å². The Bertz CT molecular complexity index is 620. The monoisotopic (exact) mass is 312 g/mol. The van der Waals surface area contributed by atoms with Gasteiger partial charge in [0.2, 0.25) is 10.0 Å². The second kappa shape index (κ2) is 6.44. The number of hydrogen-bond acceptors (Lipinski definition) is 4. The molecule has 0 spiro atoms. The SMILES string of the molecule is Nc1ccc(S(=O)(=O)NC2CCCCCC2)c(C(=O)O)c1. The zero-order valence-corrected chi connectivity index (χ0v) is 12.5. The number of aromatic carboxylic acids is 1. The number of rotatable bonds is 4. The fraction of sp³-hybridized carbons (Fsp3) is 0.500. The van der Waals surface area contributed by atoms with Gasteiger partial charge in [0.1, 0.15) is 0 Å². The number of nitrogen functional groups attached to an aromatic ring is 1. The molecule has 0 aliphatic heterocycles. The summed E-state index contributed by atoms with van der Waals surface area (Å²) in [7, 11) is -3.85. The van der Waals surface area contributed by atoms with E-state index < -0.39 is 16.0 Å². The van der Waals surface area contributed by atoms with Crippen molar-refractivity contribution in [1.82, 2.24) is 4.72 Å². The molecule has 0 radical (unpaired) electrons. The molecule has 0 bridgehead atoms. The van der Waals surface area contributed by atoms with Gasteiger partial charge in [0.25, 0.3) is 0 Å². The molecule has 1 aliphatic carbocycles. The van der Waals surface area contributed by atoms with Gasteiger partial charge in [0.15, 0.2) is 0 Å². The van der Waals surface area contributed by atoms with E-state index in [2.05, 4.69) is 4.72 Å². The molecule has 0 heterocycles. The van der Waals surface area contributed by atoms with Crippen LogP contribution in [-0.2, 0) is 10.0 Å². The minimum Gasteiger partial charge on any atom is -0.478 e. The Hall–Kier alpha value is -1.60. The van der Waals surface area contributed by atoms with Gasteiger partial charge >= 0.3 is 5.97 Å². The van der Waals surface area contributed by atoms with Gasteiger partial charge in [-0.3, -0.25) is 0 Å². The Morgan fingerprint density at radius 3 is 2.38 bits per heavy atom. The highest BCUT2D eigenvalue weighted by Crippen LogP contribution is 2.22. The average Bonchev–Trinajstić information content (AvgIpc) is 2.66. The predicted octanol–water partition coefficient (Wildman–Crippen LogP) is 1.97. The molecule has 6 nitrogen and oxygen atoms in total. The highest BCUT2D eigenvalue weighted by atomic mass is 32.2. The maximum absolute atomic E-state index is 12.4. The van der Waals surface area contributed by atoms with Crippen molar-refractivity contribution in [1.29, 1.82) is 0 Å². The fourth-order valence-electron chi connectivity index (χ4n) is 2.63. The zero-order valence-electron chi connectivity index (χ0n) is 11.7. The number of nitrogens with one attached hydrogen (secondary N) is 1. The van der Waals surface area contributed by atoms with Crippen LogP contribution in [0.15, 0.2) is 23.1 Å². The fourth-order valence-corrected chi connectivity index (χ4v) is 4.11. The van der Waals surface area contributed by atoms with Crippen LogP contribution in [0.2, 0.25) is 0 Å².